The van der Waals surface area contributed by atoms with Crippen molar-refractivity contribution in [2.45, 2.75) is 26.2 Å². The van der Waals surface area contributed by atoms with Crippen LogP contribution in [0.25, 0.3) is 0 Å². The normalized spacial score (nSPS) is 10.4. The third kappa shape index (κ3) is 6.03. The van der Waals surface area contributed by atoms with E-state index in [0.717, 1.165) is 19.3 Å². The highest BCUT2D eigenvalue weighted by Gasteiger charge is 2.13. The van der Waals surface area contributed by atoms with Crippen LogP contribution < -0.4 is 10.6 Å². The fourth-order valence-corrected chi connectivity index (χ4v) is 2.70. The molecule has 0 bridgehead atoms. The number of benzene rings is 1. The second kappa shape index (κ2) is 9.39. The molecule has 0 aliphatic rings. The molecule has 25 heavy (non-hydrogen) atoms. The smallest absolute Gasteiger partial charge is 0.274 e. The molecule has 0 unspecified atom stereocenters. The summed E-state index contributed by atoms with van der Waals surface area (Å²) in [6.07, 6.45) is 3.05. The lowest BCUT2D eigenvalue weighted by Crippen LogP contribution is -2.26. The van der Waals surface area contributed by atoms with E-state index in [1.165, 1.54) is 6.07 Å². The zero-order valence-electron chi connectivity index (χ0n) is 13.8. The Hall–Kier alpha value is -2.11. The minimum Gasteiger partial charge on any atom is -0.351 e. The number of nitrogens with zero attached hydrogens (tertiary/aromatic N) is 1. The molecule has 0 radical (unpaired) electrons. The Labute approximate surface area is 156 Å². The van der Waals surface area contributed by atoms with Crippen molar-refractivity contribution < 1.29 is 9.59 Å². The van der Waals surface area contributed by atoms with E-state index in [-0.39, 0.29) is 17.3 Å². The van der Waals surface area contributed by atoms with Gasteiger partial charge in [-0.25, -0.2) is 4.98 Å². The number of carbonyl (C=O) groups excluding carboxylic acids is 2. The van der Waals surface area contributed by atoms with Crippen LogP contribution in [0, 0.1) is 0 Å². The molecule has 132 valence electrons. The second-order valence-corrected chi connectivity index (χ2v) is 6.36. The predicted molar refractivity (Wildman–Crippen MR) is 101 cm³/mol. The molecule has 1 aromatic heterocycles. The van der Waals surface area contributed by atoms with Gasteiger partial charge in [-0.1, -0.05) is 49.0 Å². The average Bonchev–Trinajstić information content (AvgIpc) is 2.57. The summed E-state index contributed by atoms with van der Waals surface area (Å²) >= 11 is 11.8. The molecule has 2 aromatic rings. The van der Waals surface area contributed by atoms with Gasteiger partial charge in [-0.15, -0.1) is 0 Å². The summed E-state index contributed by atoms with van der Waals surface area (Å²) in [5, 5.41) is 6.29. The first kappa shape index (κ1) is 19.2. The Bertz CT molecular complexity index is 745. The number of hydrogen-bond donors (Lipinski definition) is 2. The molecule has 7 heteroatoms. The SMILES string of the molecule is CCCCCNC(=O)c1cccc(C(=O)Nc2cc(Cl)cc(Cl)c2)n1. The maximum Gasteiger partial charge on any atom is 0.274 e. The lowest BCUT2D eigenvalue weighted by atomic mass is 10.2. The molecule has 0 atom stereocenters. The Balaban J connectivity index is 2.04. The van der Waals surface area contributed by atoms with Gasteiger partial charge in [0.05, 0.1) is 0 Å². The molecule has 0 saturated heterocycles. The first-order valence-corrected chi connectivity index (χ1v) is 8.78. The van der Waals surface area contributed by atoms with E-state index in [1.807, 2.05) is 0 Å². The molecule has 0 aliphatic heterocycles. The minimum absolute atomic E-state index is 0.136. The molecule has 2 N–H and O–H groups in total. The maximum absolute atomic E-state index is 12.3. The minimum atomic E-state index is -0.445. The van der Waals surface area contributed by atoms with Crippen LogP contribution in [0.1, 0.15) is 47.2 Å². The van der Waals surface area contributed by atoms with Gasteiger partial charge < -0.3 is 10.6 Å². The molecule has 2 rings (SSSR count). The second-order valence-electron chi connectivity index (χ2n) is 5.48. The number of anilines is 1. The van der Waals surface area contributed by atoms with E-state index in [1.54, 1.807) is 30.3 Å². The van der Waals surface area contributed by atoms with Gasteiger partial charge in [-0.2, -0.15) is 0 Å². The van der Waals surface area contributed by atoms with Crippen molar-refractivity contribution >= 4 is 40.7 Å². The summed E-state index contributed by atoms with van der Waals surface area (Å²) in [4.78, 5) is 28.5. The van der Waals surface area contributed by atoms with Gasteiger partial charge in [0.15, 0.2) is 0 Å². The molecular weight excluding hydrogens is 361 g/mol. The number of rotatable bonds is 7. The molecule has 0 fully saturated rings. The molecule has 1 aromatic carbocycles. The highest BCUT2D eigenvalue weighted by molar-refractivity contribution is 6.35. The van der Waals surface area contributed by atoms with Crippen LogP contribution in [-0.4, -0.2) is 23.3 Å². The van der Waals surface area contributed by atoms with Crippen molar-refractivity contribution in [3.63, 3.8) is 0 Å². The molecule has 0 spiro atoms. The summed E-state index contributed by atoms with van der Waals surface area (Å²) in [6.45, 7) is 2.68. The summed E-state index contributed by atoms with van der Waals surface area (Å²) in [7, 11) is 0. The standard InChI is InChI=1S/C18H19Cl2N3O2/c1-2-3-4-8-21-17(24)15-6-5-7-16(23-15)18(25)22-14-10-12(19)9-13(20)11-14/h5-7,9-11H,2-4,8H2,1H3,(H,21,24)(H,22,25). The lowest BCUT2D eigenvalue weighted by molar-refractivity contribution is 0.0948. The van der Waals surface area contributed by atoms with E-state index in [9.17, 15) is 9.59 Å². The Morgan fingerprint density at radius 2 is 1.64 bits per heavy atom. The molecule has 0 saturated carbocycles. The molecular formula is C18H19Cl2N3O2. The number of aromatic nitrogens is 1. The molecule has 0 aliphatic carbocycles. The first-order valence-electron chi connectivity index (χ1n) is 8.02. The molecule has 1 heterocycles. The average molecular weight is 380 g/mol. The number of unbranched alkanes of at least 4 members (excludes halogenated alkanes) is 2. The number of carbonyl (C=O) groups is 2. The Morgan fingerprint density at radius 3 is 2.28 bits per heavy atom. The predicted octanol–water partition coefficient (Wildman–Crippen LogP) is 4.56. The van der Waals surface area contributed by atoms with Gasteiger partial charge in [0.1, 0.15) is 11.4 Å². The third-order valence-corrected chi connectivity index (χ3v) is 3.84. The van der Waals surface area contributed by atoms with Crippen LogP contribution in [0.2, 0.25) is 10.0 Å². The van der Waals surface area contributed by atoms with Crippen LogP contribution in [0.4, 0.5) is 5.69 Å². The van der Waals surface area contributed by atoms with E-state index >= 15 is 0 Å². The van der Waals surface area contributed by atoms with Gasteiger partial charge in [0, 0.05) is 22.3 Å². The maximum atomic E-state index is 12.3. The van der Waals surface area contributed by atoms with Gasteiger partial charge in [-0.3, -0.25) is 9.59 Å². The van der Waals surface area contributed by atoms with Gasteiger partial charge >= 0.3 is 0 Å². The van der Waals surface area contributed by atoms with E-state index in [2.05, 4.69) is 22.5 Å². The third-order valence-electron chi connectivity index (χ3n) is 3.40. The van der Waals surface area contributed by atoms with Crippen LogP contribution in [0.15, 0.2) is 36.4 Å². The largest absolute Gasteiger partial charge is 0.351 e. The number of hydrogen-bond acceptors (Lipinski definition) is 3. The number of pyridine rings is 1. The Morgan fingerprint density at radius 1 is 1.00 bits per heavy atom. The van der Waals surface area contributed by atoms with E-state index in [0.29, 0.717) is 22.3 Å². The number of nitrogens with one attached hydrogen (secondary N) is 2. The van der Waals surface area contributed by atoms with Crippen molar-refractivity contribution in [2.24, 2.45) is 0 Å². The van der Waals surface area contributed by atoms with Crippen LogP contribution in [0.3, 0.4) is 0 Å². The molecule has 2 amide bonds. The fraction of sp³-hybridized carbons (Fsp3) is 0.278. The van der Waals surface area contributed by atoms with Crippen LogP contribution in [-0.2, 0) is 0 Å². The summed E-state index contributed by atoms with van der Waals surface area (Å²) < 4.78 is 0. The van der Waals surface area contributed by atoms with Crippen molar-refractivity contribution in [2.75, 3.05) is 11.9 Å². The monoisotopic (exact) mass is 379 g/mol. The summed E-state index contributed by atoms with van der Waals surface area (Å²) in [5.74, 6) is -0.740. The quantitative estimate of drug-likeness (QED) is 0.692. The van der Waals surface area contributed by atoms with Crippen LogP contribution in [0.5, 0.6) is 0 Å². The van der Waals surface area contributed by atoms with Crippen molar-refractivity contribution in [1.82, 2.24) is 10.3 Å². The van der Waals surface area contributed by atoms with Gasteiger partial charge in [-0.05, 0) is 36.8 Å². The molecule has 5 nitrogen and oxygen atoms in total. The first-order chi connectivity index (χ1) is 12.0. The fourth-order valence-electron chi connectivity index (χ4n) is 2.18. The highest BCUT2D eigenvalue weighted by Crippen LogP contribution is 2.22. The summed E-state index contributed by atoms with van der Waals surface area (Å²) in [6, 6.07) is 9.46. The number of amides is 2. The van der Waals surface area contributed by atoms with Gasteiger partial charge in [0.25, 0.3) is 11.8 Å². The zero-order chi connectivity index (χ0) is 18.2. The topological polar surface area (TPSA) is 71.1 Å². The van der Waals surface area contributed by atoms with Crippen LogP contribution >= 0.6 is 23.2 Å². The van der Waals surface area contributed by atoms with E-state index < -0.39 is 5.91 Å². The Kier molecular flexibility index (Phi) is 7.22. The van der Waals surface area contributed by atoms with E-state index in [4.69, 9.17) is 23.2 Å². The number of halogens is 2. The lowest BCUT2D eigenvalue weighted by Gasteiger charge is -2.08. The van der Waals surface area contributed by atoms with Gasteiger partial charge in [0.2, 0.25) is 0 Å². The van der Waals surface area contributed by atoms with Crippen molar-refractivity contribution in [1.29, 1.82) is 0 Å². The summed E-state index contributed by atoms with van der Waals surface area (Å²) in [5.41, 5.74) is 0.796. The zero-order valence-corrected chi connectivity index (χ0v) is 15.3. The van der Waals surface area contributed by atoms with Crippen molar-refractivity contribution in [3.05, 3.63) is 57.8 Å². The highest BCUT2D eigenvalue weighted by atomic mass is 35.5. The van der Waals surface area contributed by atoms with Crippen molar-refractivity contribution in [3.8, 4) is 0 Å².